The third kappa shape index (κ3) is 5.27. The van der Waals surface area contributed by atoms with Gasteiger partial charge in [0.25, 0.3) is 0 Å². The van der Waals surface area contributed by atoms with Gasteiger partial charge in [-0.2, -0.15) is 0 Å². The molecule has 170 valence electrons. The van der Waals surface area contributed by atoms with E-state index in [1.165, 1.54) is 26.4 Å². The van der Waals surface area contributed by atoms with Crippen molar-refractivity contribution in [2.75, 3.05) is 34.4 Å². The number of hydrogen-bond donors (Lipinski definition) is 0. The Morgan fingerprint density at radius 3 is 2.23 bits per heavy atom. The lowest BCUT2D eigenvalue weighted by molar-refractivity contribution is -0.0972. The second kappa shape index (κ2) is 9.84. The molecule has 2 aliphatic heterocycles. The highest BCUT2D eigenvalue weighted by Gasteiger charge is 2.37. The predicted molar refractivity (Wildman–Crippen MR) is 116 cm³/mol. The molecule has 2 atom stereocenters. The van der Waals surface area contributed by atoms with Gasteiger partial charge in [0.1, 0.15) is 0 Å². The minimum absolute atomic E-state index is 0.131. The fraction of sp³-hybridized carbons (Fsp3) is 0.750. The number of hydrogen-bond acceptors (Lipinski definition) is 5. The van der Waals surface area contributed by atoms with Gasteiger partial charge in [0, 0.05) is 26.2 Å². The summed E-state index contributed by atoms with van der Waals surface area (Å²) in [6.45, 7) is 8.04. The van der Waals surface area contributed by atoms with E-state index in [0.29, 0.717) is 18.3 Å². The Morgan fingerprint density at radius 2 is 1.73 bits per heavy atom. The largest absolute Gasteiger partial charge is 0.493 e. The highest BCUT2D eigenvalue weighted by Crippen LogP contribution is 2.44. The van der Waals surface area contributed by atoms with Crippen LogP contribution in [0, 0.1) is 5.82 Å². The van der Waals surface area contributed by atoms with Gasteiger partial charge in [-0.15, -0.1) is 0 Å². The molecule has 3 aliphatic rings. The molecule has 4 rings (SSSR count). The summed E-state index contributed by atoms with van der Waals surface area (Å²) in [4.78, 5) is 2.42. The number of rotatable bonds is 4. The van der Waals surface area contributed by atoms with Crippen LogP contribution in [0.3, 0.4) is 0 Å². The van der Waals surface area contributed by atoms with E-state index in [9.17, 15) is 4.39 Å². The highest BCUT2D eigenvalue weighted by atomic mass is 19.1. The van der Waals surface area contributed by atoms with Crippen LogP contribution in [0.25, 0.3) is 0 Å². The minimum Gasteiger partial charge on any atom is -0.493 e. The molecule has 1 saturated heterocycles. The molecule has 6 heteroatoms. The molecule has 0 radical (unpaired) electrons. The molecule has 1 aliphatic carbocycles. The summed E-state index contributed by atoms with van der Waals surface area (Å²) in [5, 5.41) is 0. The molecule has 2 heterocycles. The van der Waals surface area contributed by atoms with E-state index < -0.39 is 0 Å². The van der Waals surface area contributed by atoms with Crippen molar-refractivity contribution in [2.24, 2.45) is 0 Å². The zero-order chi connectivity index (χ0) is 21.9. The van der Waals surface area contributed by atoms with Gasteiger partial charge in [-0.05, 0) is 76.5 Å². The average molecular weight is 424 g/mol. The Kier molecular flexibility index (Phi) is 7.64. The maximum atomic E-state index is 14.8. The Balaban J connectivity index is 0.000000367. The molecular weight excluding hydrogens is 385 g/mol. The molecule has 1 saturated carbocycles. The molecule has 30 heavy (non-hydrogen) atoms. The summed E-state index contributed by atoms with van der Waals surface area (Å²) in [6, 6.07) is 2.20. The second-order valence-electron chi connectivity index (χ2n) is 9.47. The van der Waals surface area contributed by atoms with Gasteiger partial charge in [-0.3, -0.25) is 4.90 Å². The van der Waals surface area contributed by atoms with Crippen molar-refractivity contribution in [3.05, 3.63) is 23.0 Å². The van der Waals surface area contributed by atoms with Gasteiger partial charge in [0.05, 0.1) is 32.0 Å². The maximum absolute atomic E-state index is 14.8. The molecule has 0 aromatic heterocycles. The Labute approximate surface area is 180 Å². The van der Waals surface area contributed by atoms with Crippen LogP contribution in [0.1, 0.15) is 70.0 Å². The third-order valence-corrected chi connectivity index (χ3v) is 6.30. The first-order chi connectivity index (χ1) is 14.3. The molecular formula is C24H38FNO4. The molecule has 5 nitrogen and oxygen atoms in total. The van der Waals surface area contributed by atoms with E-state index >= 15 is 0 Å². The first kappa shape index (κ1) is 23.3. The summed E-state index contributed by atoms with van der Waals surface area (Å²) < 4.78 is 36.5. The first-order valence-electron chi connectivity index (χ1n) is 11.1. The van der Waals surface area contributed by atoms with E-state index in [1.807, 2.05) is 6.07 Å². The topological polar surface area (TPSA) is 40.2 Å². The summed E-state index contributed by atoms with van der Waals surface area (Å²) in [6.07, 6.45) is 7.47. The van der Waals surface area contributed by atoms with Gasteiger partial charge in [0.2, 0.25) is 0 Å². The van der Waals surface area contributed by atoms with Crippen LogP contribution in [-0.2, 0) is 15.9 Å². The molecule has 1 aromatic carbocycles. The summed E-state index contributed by atoms with van der Waals surface area (Å²) in [5.41, 5.74) is 1.70. The maximum Gasteiger partial charge on any atom is 0.197 e. The van der Waals surface area contributed by atoms with Gasteiger partial charge in [-0.1, -0.05) is 0 Å². The van der Waals surface area contributed by atoms with E-state index in [0.717, 1.165) is 37.1 Å². The third-order valence-electron chi connectivity index (χ3n) is 6.30. The van der Waals surface area contributed by atoms with Crippen molar-refractivity contribution < 1.29 is 23.3 Å². The quantitative estimate of drug-likeness (QED) is 0.689. The van der Waals surface area contributed by atoms with E-state index in [1.54, 1.807) is 14.2 Å². The van der Waals surface area contributed by atoms with Crippen molar-refractivity contribution in [3.8, 4) is 11.5 Å². The predicted octanol–water partition coefficient (Wildman–Crippen LogP) is 4.90. The van der Waals surface area contributed by atoms with Gasteiger partial charge in [0.15, 0.2) is 17.3 Å². The van der Waals surface area contributed by atoms with Gasteiger partial charge in [-0.25, -0.2) is 4.39 Å². The van der Waals surface area contributed by atoms with Crippen molar-refractivity contribution >= 4 is 0 Å². The molecule has 1 aromatic rings. The Bertz CT molecular complexity index is 711. The lowest BCUT2D eigenvalue weighted by Crippen LogP contribution is -2.47. The van der Waals surface area contributed by atoms with Gasteiger partial charge < -0.3 is 18.9 Å². The normalized spacial score (nSPS) is 24.1. The molecule has 2 fully saturated rings. The zero-order valence-corrected chi connectivity index (χ0v) is 19.4. The number of fused-ring (bicyclic) bond motifs is 3. The summed E-state index contributed by atoms with van der Waals surface area (Å²) in [7, 11) is 4.82. The number of ether oxygens (including phenoxy) is 4. The van der Waals surface area contributed by atoms with E-state index in [-0.39, 0.29) is 29.3 Å². The van der Waals surface area contributed by atoms with Crippen molar-refractivity contribution in [2.45, 2.75) is 83.1 Å². The van der Waals surface area contributed by atoms with Crippen molar-refractivity contribution in [1.29, 1.82) is 0 Å². The second-order valence-corrected chi connectivity index (χ2v) is 9.47. The SMILES string of the molecule is COC1CCC1.COc1cc2c(c(F)c1OC)CCN1CC(OC(C)(C)C)CCC21. The Hall–Kier alpha value is -1.37. The molecule has 0 amide bonds. The number of nitrogens with zero attached hydrogens (tertiary/aromatic N) is 1. The van der Waals surface area contributed by atoms with E-state index in [4.69, 9.17) is 18.9 Å². The summed E-state index contributed by atoms with van der Waals surface area (Å²) >= 11 is 0. The van der Waals surface area contributed by atoms with Crippen LogP contribution >= 0.6 is 0 Å². The lowest BCUT2D eigenvalue weighted by atomic mass is 9.85. The first-order valence-corrected chi connectivity index (χ1v) is 11.1. The van der Waals surface area contributed by atoms with Crippen LogP contribution in [-0.4, -0.2) is 57.1 Å². The number of halogens is 1. The molecule has 0 N–H and O–H groups in total. The van der Waals surface area contributed by atoms with Crippen LogP contribution in [0.2, 0.25) is 0 Å². The molecule has 0 bridgehead atoms. The highest BCUT2D eigenvalue weighted by molar-refractivity contribution is 5.51. The molecule has 0 spiro atoms. The van der Waals surface area contributed by atoms with Crippen LogP contribution in [0.15, 0.2) is 6.07 Å². The van der Waals surface area contributed by atoms with E-state index in [2.05, 4.69) is 25.7 Å². The number of piperidine rings is 1. The smallest absolute Gasteiger partial charge is 0.197 e. The van der Waals surface area contributed by atoms with Crippen molar-refractivity contribution in [1.82, 2.24) is 4.90 Å². The number of methoxy groups -OCH3 is 3. The summed E-state index contributed by atoms with van der Waals surface area (Å²) in [5.74, 6) is 0.428. The van der Waals surface area contributed by atoms with Crippen LogP contribution < -0.4 is 9.47 Å². The average Bonchev–Trinajstić information content (AvgIpc) is 2.65. The van der Waals surface area contributed by atoms with Crippen LogP contribution in [0.4, 0.5) is 4.39 Å². The van der Waals surface area contributed by atoms with Gasteiger partial charge >= 0.3 is 0 Å². The van der Waals surface area contributed by atoms with Crippen molar-refractivity contribution in [3.63, 3.8) is 0 Å². The standard InChI is InChI=1S/C19H28FNO3.C5H10O/c1-19(2,3)24-12-6-7-15-14-10-16(22-4)18(23-5)17(20)13(14)8-9-21(15)11-12;1-6-5-3-2-4-5/h10,12,15H,6-9,11H2,1-5H3;5H,2-4H2,1H3. The zero-order valence-electron chi connectivity index (χ0n) is 19.4. The monoisotopic (exact) mass is 423 g/mol. The fourth-order valence-electron chi connectivity index (χ4n) is 4.62. The fourth-order valence-corrected chi connectivity index (χ4v) is 4.62. The number of benzene rings is 1. The molecule has 2 unspecified atom stereocenters. The Morgan fingerprint density at radius 1 is 1.00 bits per heavy atom. The lowest BCUT2D eigenvalue weighted by Gasteiger charge is -2.45. The minimum atomic E-state index is -0.264. The van der Waals surface area contributed by atoms with Crippen LogP contribution in [0.5, 0.6) is 11.5 Å².